The monoisotopic (exact) mass is 411 g/mol. The summed E-state index contributed by atoms with van der Waals surface area (Å²) in [6.45, 7) is 4.25. The highest BCUT2D eigenvalue weighted by atomic mass is 19.1. The molecule has 0 amide bonds. The van der Waals surface area contributed by atoms with E-state index in [4.69, 9.17) is 20.4 Å². The molecule has 2 N–H and O–H groups in total. The summed E-state index contributed by atoms with van der Waals surface area (Å²) in [6.07, 6.45) is 4.36. The number of aliphatic hydroxyl groups is 1. The minimum Gasteiger partial charge on any atom is -0.480 e. The number of imidazole rings is 1. The van der Waals surface area contributed by atoms with Crippen molar-refractivity contribution in [3.63, 3.8) is 0 Å². The van der Waals surface area contributed by atoms with Gasteiger partial charge in [-0.05, 0) is 12.8 Å². The molecule has 3 heterocycles. The summed E-state index contributed by atoms with van der Waals surface area (Å²) in [5, 5.41) is 16.6. The Kier molecular flexibility index (Phi) is 6.30. The zero-order chi connectivity index (χ0) is 22.1. The van der Waals surface area contributed by atoms with E-state index in [2.05, 4.69) is 34.2 Å². The van der Waals surface area contributed by atoms with Crippen molar-refractivity contribution in [2.24, 2.45) is 0 Å². The highest BCUT2D eigenvalue weighted by Crippen LogP contribution is 2.44. The van der Waals surface area contributed by atoms with E-state index in [-0.39, 0.29) is 28.9 Å². The summed E-state index contributed by atoms with van der Waals surface area (Å²) in [7, 11) is 12.1. The molecule has 4 rings (SSSR count). The quantitative estimate of drug-likeness (QED) is 0.497. The molecule has 11 heteroatoms. The molecule has 7 nitrogen and oxygen atoms in total. The predicted molar refractivity (Wildman–Crippen MR) is 111 cm³/mol. The molecule has 0 aromatic carbocycles. The number of halogens is 2. The van der Waals surface area contributed by atoms with E-state index in [1.807, 2.05) is 0 Å². The van der Waals surface area contributed by atoms with E-state index in [0.29, 0.717) is 11.3 Å². The van der Waals surface area contributed by atoms with E-state index < -0.39 is 17.2 Å². The second-order valence-electron chi connectivity index (χ2n) is 7.04. The second kappa shape index (κ2) is 8.59. The number of hydrogen-bond donors (Lipinski definition) is 2. The molecule has 0 unspecified atom stereocenters. The van der Waals surface area contributed by atoms with Crippen molar-refractivity contribution < 1.29 is 18.6 Å². The Morgan fingerprint density at radius 1 is 1.27 bits per heavy atom. The predicted octanol–water partition coefficient (Wildman–Crippen LogP) is 2.72. The normalized spacial score (nSPS) is 13.7. The molecule has 0 aliphatic heterocycles. The van der Waals surface area contributed by atoms with Gasteiger partial charge >= 0.3 is 0 Å². The fraction of sp³-hybridized carbons (Fsp3) is 0.421. The third-order valence-corrected chi connectivity index (χ3v) is 4.13. The van der Waals surface area contributed by atoms with Gasteiger partial charge in [0, 0.05) is 25.1 Å². The van der Waals surface area contributed by atoms with Gasteiger partial charge < -0.3 is 15.2 Å². The highest BCUT2D eigenvalue weighted by molar-refractivity contribution is 6.37. The molecule has 0 saturated heterocycles. The van der Waals surface area contributed by atoms with Crippen LogP contribution in [0.4, 0.5) is 14.6 Å². The fourth-order valence-electron chi connectivity index (χ4n) is 2.79. The SMILES string of the molecule is CCC.[B]C([B])(O)Oc1cc2ncc(-c3nc(NC)c(F)cc3F)n2nc1C1CC1. The van der Waals surface area contributed by atoms with Crippen molar-refractivity contribution in [1.29, 1.82) is 0 Å². The smallest absolute Gasteiger partial charge is 0.168 e. The van der Waals surface area contributed by atoms with Gasteiger partial charge in [-0.25, -0.2) is 23.3 Å². The lowest BCUT2D eigenvalue weighted by molar-refractivity contribution is 0.0116. The van der Waals surface area contributed by atoms with Crippen LogP contribution in [-0.2, 0) is 0 Å². The number of nitrogens with one attached hydrogen (secondary N) is 1. The van der Waals surface area contributed by atoms with E-state index in [0.717, 1.165) is 18.9 Å². The van der Waals surface area contributed by atoms with Crippen molar-refractivity contribution in [2.75, 3.05) is 12.4 Å². The van der Waals surface area contributed by atoms with Gasteiger partial charge in [-0.1, -0.05) is 20.3 Å². The topological polar surface area (TPSA) is 84.6 Å². The maximum atomic E-state index is 14.3. The summed E-state index contributed by atoms with van der Waals surface area (Å²) < 4.78 is 34.6. The Balaban J connectivity index is 0.000000806. The molecule has 3 aromatic heterocycles. The van der Waals surface area contributed by atoms with Gasteiger partial charge in [0.15, 0.2) is 38.8 Å². The van der Waals surface area contributed by atoms with Crippen molar-refractivity contribution in [2.45, 2.75) is 44.6 Å². The summed E-state index contributed by atoms with van der Waals surface area (Å²) in [5.74, 6) is -1.46. The number of pyridine rings is 1. The van der Waals surface area contributed by atoms with Gasteiger partial charge in [-0.15, -0.1) is 0 Å². The summed E-state index contributed by atoms with van der Waals surface area (Å²) in [6, 6.07) is 2.24. The van der Waals surface area contributed by atoms with Crippen LogP contribution in [0.3, 0.4) is 0 Å². The number of ether oxygens (including phenoxy) is 1. The number of nitrogens with zero attached hydrogens (tertiary/aromatic N) is 4. The minimum absolute atomic E-state index is 0.0972. The minimum atomic E-state index is -2.37. The van der Waals surface area contributed by atoms with Crippen LogP contribution >= 0.6 is 0 Å². The molecular formula is C19H21B2F2N5O2. The van der Waals surface area contributed by atoms with Crippen LogP contribution < -0.4 is 10.1 Å². The van der Waals surface area contributed by atoms with Crippen molar-refractivity contribution in [3.05, 3.63) is 35.7 Å². The highest BCUT2D eigenvalue weighted by Gasteiger charge is 2.31. The molecule has 30 heavy (non-hydrogen) atoms. The maximum absolute atomic E-state index is 14.3. The second-order valence-corrected chi connectivity index (χ2v) is 7.04. The zero-order valence-corrected chi connectivity index (χ0v) is 17.0. The Bertz CT molecular complexity index is 1050. The average molecular weight is 411 g/mol. The maximum Gasteiger partial charge on any atom is 0.168 e. The molecule has 0 atom stereocenters. The molecule has 1 fully saturated rings. The molecule has 0 bridgehead atoms. The lowest BCUT2D eigenvalue weighted by Crippen LogP contribution is -2.37. The van der Waals surface area contributed by atoms with Crippen molar-refractivity contribution in [3.8, 4) is 17.1 Å². The van der Waals surface area contributed by atoms with Crippen LogP contribution in [0, 0.1) is 11.6 Å². The van der Waals surface area contributed by atoms with Crippen LogP contribution in [0.1, 0.15) is 44.7 Å². The molecule has 1 aliphatic carbocycles. The van der Waals surface area contributed by atoms with Crippen LogP contribution in [-0.4, -0.2) is 53.0 Å². The van der Waals surface area contributed by atoms with E-state index in [1.54, 1.807) is 0 Å². The van der Waals surface area contributed by atoms with Crippen LogP contribution in [0.5, 0.6) is 5.75 Å². The largest absolute Gasteiger partial charge is 0.480 e. The van der Waals surface area contributed by atoms with Gasteiger partial charge in [-0.2, -0.15) is 5.10 Å². The first-order valence-corrected chi connectivity index (χ1v) is 9.60. The third-order valence-electron chi connectivity index (χ3n) is 4.13. The third kappa shape index (κ3) is 4.72. The molecule has 1 saturated carbocycles. The van der Waals surface area contributed by atoms with Crippen molar-refractivity contribution >= 4 is 27.2 Å². The first-order chi connectivity index (χ1) is 14.2. The Morgan fingerprint density at radius 2 is 1.93 bits per heavy atom. The number of fused-ring (bicyclic) bond motifs is 1. The lowest BCUT2D eigenvalue weighted by atomic mass is 9.76. The Labute approximate surface area is 175 Å². The van der Waals surface area contributed by atoms with E-state index in [1.165, 1.54) is 30.2 Å². The van der Waals surface area contributed by atoms with Gasteiger partial charge in [-0.3, -0.25) is 0 Å². The first-order valence-electron chi connectivity index (χ1n) is 9.60. The van der Waals surface area contributed by atoms with Gasteiger partial charge in [0.25, 0.3) is 0 Å². The van der Waals surface area contributed by atoms with E-state index in [9.17, 15) is 13.9 Å². The zero-order valence-electron chi connectivity index (χ0n) is 17.0. The number of hydrogen-bond acceptors (Lipinski definition) is 6. The first kappa shape index (κ1) is 22.0. The standard InChI is InChI=1S/C16H13B2F2N5O2.C3H8/c1-21-15-9(20)4-8(19)14(23-15)10-6-22-12-5-11(27-16(17,18)26)13(7-2-3-7)24-25(10)12;1-3-2/h4-7,26H,2-3H2,1H3,(H,21,23);3H2,1-2H3. The van der Waals surface area contributed by atoms with Crippen LogP contribution in [0.25, 0.3) is 17.0 Å². The molecule has 3 aromatic rings. The van der Waals surface area contributed by atoms with Crippen LogP contribution in [0.15, 0.2) is 18.3 Å². The number of aromatic nitrogens is 4. The summed E-state index contributed by atoms with van der Waals surface area (Å²) in [4.78, 5) is 8.14. The lowest BCUT2D eigenvalue weighted by Gasteiger charge is -2.23. The van der Waals surface area contributed by atoms with Crippen LogP contribution in [0.2, 0.25) is 0 Å². The fourth-order valence-corrected chi connectivity index (χ4v) is 2.79. The molecule has 4 radical (unpaired) electrons. The van der Waals surface area contributed by atoms with Gasteiger partial charge in [0.1, 0.15) is 28.4 Å². The Hall–Kier alpha value is -2.68. The number of anilines is 1. The van der Waals surface area contributed by atoms with Crippen molar-refractivity contribution in [1.82, 2.24) is 19.6 Å². The molecule has 1 aliphatic rings. The molecular weight excluding hydrogens is 390 g/mol. The Morgan fingerprint density at radius 3 is 2.50 bits per heavy atom. The molecule has 154 valence electrons. The average Bonchev–Trinajstić information content (AvgIpc) is 3.42. The summed E-state index contributed by atoms with van der Waals surface area (Å²) in [5.41, 5.74) is -1.43. The van der Waals surface area contributed by atoms with Gasteiger partial charge in [0.2, 0.25) is 0 Å². The van der Waals surface area contributed by atoms with E-state index >= 15 is 0 Å². The number of rotatable bonds is 5. The van der Waals surface area contributed by atoms with Gasteiger partial charge in [0.05, 0.1) is 6.20 Å². The molecule has 0 spiro atoms. The summed E-state index contributed by atoms with van der Waals surface area (Å²) >= 11 is 0.